The maximum Gasteiger partial charge on any atom is 0.417 e. The van der Waals surface area contributed by atoms with Crippen molar-refractivity contribution >= 4 is 18.0 Å². The van der Waals surface area contributed by atoms with Crippen molar-refractivity contribution in [2.45, 2.75) is 56.8 Å². The summed E-state index contributed by atoms with van der Waals surface area (Å²) in [6.07, 6.45) is 0.635. The Balaban J connectivity index is 0.000000269. The number of hydrogen-bond acceptors (Lipinski definition) is 9. The molecule has 3 aromatic rings. The summed E-state index contributed by atoms with van der Waals surface area (Å²) in [6.45, 7) is 0.104. The number of imide groups is 1. The number of amides is 2. The van der Waals surface area contributed by atoms with Crippen molar-refractivity contribution < 1.29 is 43.5 Å². The fraction of sp³-hybridized carbons (Fsp3) is 0.382. The third-order valence-electron chi connectivity index (χ3n) is 7.26. The third-order valence-corrected chi connectivity index (χ3v) is 7.26. The molecule has 1 fully saturated rings. The number of rotatable bonds is 13. The Morgan fingerprint density at radius 3 is 1.77 bits per heavy atom. The molecule has 1 aliphatic heterocycles. The molecule has 3 aromatic carbocycles. The zero-order chi connectivity index (χ0) is 31.9. The molecule has 0 radical (unpaired) electrons. The first-order valence-corrected chi connectivity index (χ1v) is 14.5. The normalized spacial score (nSPS) is 15.3. The summed E-state index contributed by atoms with van der Waals surface area (Å²) in [7, 11) is 4.51. The van der Waals surface area contributed by atoms with Gasteiger partial charge in [0.15, 0.2) is 6.10 Å². The lowest BCUT2D eigenvalue weighted by molar-refractivity contribution is -0.150. The first kappa shape index (κ1) is 34.1. The van der Waals surface area contributed by atoms with Crippen LogP contribution in [-0.4, -0.2) is 73.2 Å². The predicted octanol–water partition coefficient (Wildman–Crippen LogP) is 4.65. The van der Waals surface area contributed by atoms with Crippen LogP contribution in [0.2, 0.25) is 0 Å². The fourth-order valence-corrected chi connectivity index (χ4v) is 4.71. The van der Waals surface area contributed by atoms with Crippen LogP contribution >= 0.6 is 0 Å². The lowest BCUT2D eigenvalue weighted by atomic mass is 10.0. The zero-order valence-electron chi connectivity index (χ0n) is 25.4. The number of cyclic esters (lactones) is 1. The highest BCUT2D eigenvalue weighted by Gasteiger charge is 2.41. The minimum Gasteiger partial charge on any atom is -0.497 e. The molecule has 0 unspecified atom stereocenters. The van der Waals surface area contributed by atoms with Gasteiger partial charge in [-0.05, 0) is 79.5 Å². The van der Waals surface area contributed by atoms with E-state index in [1.165, 1.54) is 7.11 Å². The van der Waals surface area contributed by atoms with Gasteiger partial charge in [-0.2, -0.15) is 0 Å². The van der Waals surface area contributed by atoms with Gasteiger partial charge in [-0.3, -0.25) is 4.79 Å². The molecule has 2 N–H and O–H groups in total. The Hall–Kier alpha value is -4.41. The number of hydrogen-bond donors (Lipinski definition) is 2. The van der Waals surface area contributed by atoms with E-state index in [1.54, 1.807) is 14.2 Å². The molecule has 0 spiro atoms. The van der Waals surface area contributed by atoms with E-state index in [1.807, 2.05) is 78.9 Å². The summed E-state index contributed by atoms with van der Waals surface area (Å²) in [6, 6.07) is 24.1. The van der Waals surface area contributed by atoms with Crippen molar-refractivity contribution in [3.05, 3.63) is 95.6 Å². The van der Waals surface area contributed by atoms with Crippen LogP contribution in [0.15, 0.2) is 78.9 Å². The molecular formula is C34H41NO9. The number of ether oxygens (including phenoxy) is 4. The van der Waals surface area contributed by atoms with Crippen molar-refractivity contribution in [3.63, 3.8) is 0 Å². The maximum atomic E-state index is 12.6. The van der Waals surface area contributed by atoms with E-state index < -0.39 is 36.2 Å². The van der Waals surface area contributed by atoms with Crippen LogP contribution in [0.5, 0.6) is 11.5 Å². The van der Waals surface area contributed by atoms with Crippen molar-refractivity contribution in [1.82, 2.24) is 4.90 Å². The number of carbonyl (C=O) groups is 3. The molecule has 0 aromatic heterocycles. The number of carbonyl (C=O) groups excluding carboxylic acids is 3. The Bertz CT molecular complexity index is 1310. The molecule has 1 aliphatic rings. The van der Waals surface area contributed by atoms with E-state index in [2.05, 4.69) is 4.74 Å². The van der Waals surface area contributed by atoms with Crippen LogP contribution in [0, 0.1) is 0 Å². The van der Waals surface area contributed by atoms with Gasteiger partial charge in [0, 0.05) is 0 Å². The van der Waals surface area contributed by atoms with Crippen molar-refractivity contribution in [2.24, 2.45) is 0 Å². The molecule has 1 heterocycles. The molecule has 1 saturated heterocycles. The average Bonchev–Trinajstić information content (AvgIpc) is 3.46. The van der Waals surface area contributed by atoms with E-state index in [4.69, 9.17) is 14.2 Å². The Morgan fingerprint density at radius 2 is 1.30 bits per heavy atom. The van der Waals surface area contributed by atoms with Gasteiger partial charge < -0.3 is 29.2 Å². The van der Waals surface area contributed by atoms with E-state index in [0.29, 0.717) is 12.8 Å². The molecule has 0 saturated carbocycles. The van der Waals surface area contributed by atoms with Gasteiger partial charge in [-0.15, -0.1) is 0 Å². The lowest BCUT2D eigenvalue weighted by Crippen LogP contribution is -2.41. The van der Waals surface area contributed by atoms with Gasteiger partial charge in [0.1, 0.15) is 30.3 Å². The van der Waals surface area contributed by atoms with Crippen LogP contribution < -0.4 is 9.47 Å². The smallest absolute Gasteiger partial charge is 0.417 e. The van der Waals surface area contributed by atoms with Gasteiger partial charge in [-0.1, -0.05) is 54.6 Å². The molecular weight excluding hydrogens is 566 g/mol. The van der Waals surface area contributed by atoms with Crippen LogP contribution in [0.3, 0.4) is 0 Å². The van der Waals surface area contributed by atoms with Gasteiger partial charge in [-0.25, -0.2) is 14.5 Å². The minimum atomic E-state index is -1.24. The third kappa shape index (κ3) is 10.1. The number of aliphatic hydroxyl groups excluding tert-OH is 2. The average molecular weight is 608 g/mol. The monoisotopic (exact) mass is 607 g/mol. The summed E-state index contributed by atoms with van der Waals surface area (Å²) in [5.41, 5.74) is 3.06. The van der Waals surface area contributed by atoms with Gasteiger partial charge in [0.2, 0.25) is 0 Å². The summed E-state index contributed by atoms with van der Waals surface area (Å²) in [5, 5.41) is 19.7. The second-order valence-electron chi connectivity index (χ2n) is 10.2. The number of nitrogens with zero attached hydrogens (tertiary/aromatic N) is 1. The topological polar surface area (TPSA) is 132 Å². The van der Waals surface area contributed by atoms with Crippen LogP contribution in [-0.2, 0) is 31.9 Å². The highest BCUT2D eigenvalue weighted by Crippen LogP contribution is 2.29. The molecule has 4 rings (SSSR count). The highest BCUT2D eigenvalue weighted by molar-refractivity contribution is 5.96. The van der Waals surface area contributed by atoms with Gasteiger partial charge in [0.05, 0.1) is 21.3 Å². The zero-order valence-corrected chi connectivity index (χ0v) is 25.4. The molecule has 2 amide bonds. The quantitative estimate of drug-likeness (QED) is 0.267. The van der Waals surface area contributed by atoms with Gasteiger partial charge in [0.25, 0.3) is 5.91 Å². The van der Waals surface area contributed by atoms with Crippen LogP contribution in [0.25, 0.3) is 0 Å². The molecule has 236 valence electrons. The predicted molar refractivity (Wildman–Crippen MR) is 163 cm³/mol. The van der Waals surface area contributed by atoms with Crippen molar-refractivity contribution in [1.29, 1.82) is 0 Å². The van der Waals surface area contributed by atoms with E-state index in [-0.39, 0.29) is 13.0 Å². The minimum absolute atomic E-state index is 0.104. The highest BCUT2D eigenvalue weighted by atomic mass is 16.6. The van der Waals surface area contributed by atoms with Crippen LogP contribution in [0.4, 0.5) is 4.79 Å². The summed E-state index contributed by atoms with van der Waals surface area (Å²) >= 11 is 0. The molecule has 44 heavy (non-hydrogen) atoms. The maximum absolute atomic E-state index is 12.6. The van der Waals surface area contributed by atoms with E-state index in [9.17, 15) is 24.6 Å². The van der Waals surface area contributed by atoms with E-state index in [0.717, 1.165) is 52.4 Å². The summed E-state index contributed by atoms with van der Waals surface area (Å²) in [5.74, 6) is 0.428. The molecule has 0 bridgehead atoms. The fourth-order valence-electron chi connectivity index (χ4n) is 4.71. The van der Waals surface area contributed by atoms with Crippen molar-refractivity contribution in [3.8, 4) is 11.5 Å². The number of esters is 1. The van der Waals surface area contributed by atoms with E-state index >= 15 is 0 Å². The Labute approximate surface area is 258 Å². The Kier molecular flexibility index (Phi) is 13.7. The first-order valence-electron chi connectivity index (χ1n) is 14.5. The second-order valence-corrected chi connectivity index (χ2v) is 10.2. The van der Waals surface area contributed by atoms with Crippen molar-refractivity contribution in [2.75, 3.05) is 27.9 Å². The van der Waals surface area contributed by atoms with Crippen LogP contribution in [0.1, 0.15) is 48.4 Å². The standard InChI is InChI=1S/C21H23NO5.C13H18O4/c1-26-17-12-10-15(11-13-17)6-5-9-19(23)20(24)22-18(14-27-21(22)25)16-7-3-2-4-8-16;1-16-11-8-6-10(7-9-11)4-3-5-12(14)13(15)17-2/h2-4,7-8,10-13,18-19,23H,5-6,9,14H2,1H3;6-9,12,14H,3-5H2,1-2H3/t18-,19+;12-/m01/s1. The largest absolute Gasteiger partial charge is 0.497 e. The molecule has 0 aliphatic carbocycles. The first-order chi connectivity index (χ1) is 21.3. The number of aryl methyl sites for hydroxylation is 2. The second kappa shape index (κ2) is 17.6. The lowest BCUT2D eigenvalue weighted by Gasteiger charge is -2.22. The number of aliphatic hydroxyl groups is 2. The SMILES string of the molecule is COC(=O)[C@H](O)CCCc1ccc(OC)cc1.COc1ccc(CCC[C@@H](O)C(=O)N2C(=O)OC[C@H]2c2ccccc2)cc1. The molecule has 10 heteroatoms. The molecule has 10 nitrogen and oxygen atoms in total. The molecule has 3 atom stereocenters. The summed E-state index contributed by atoms with van der Waals surface area (Å²) < 4.78 is 19.7. The summed E-state index contributed by atoms with van der Waals surface area (Å²) in [4.78, 5) is 36.6. The van der Waals surface area contributed by atoms with Gasteiger partial charge >= 0.3 is 12.1 Å². The number of benzene rings is 3. The Morgan fingerprint density at radius 1 is 0.795 bits per heavy atom. The number of methoxy groups -OCH3 is 3.